The van der Waals surface area contributed by atoms with Crippen LogP contribution in [0.15, 0.2) is 238 Å². The fourth-order valence-electron chi connectivity index (χ4n) is 11.7. The maximum Gasteiger partial charge on any atom is 0.159 e. The predicted octanol–water partition coefficient (Wildman–Crippen LogP) is 19.3. The van der Waals surface area contributed by atoms with Gasteiger partial charge in [0.1, 0.15) is 27.9 Å². The Balaban J connectivity index is 0.915. The largest absolute Gasteiger partial charge is 0.456 e. The van der Waals surface area contributed by atoms with Gasteiger partial charge < -0.3 is 18.2 Å². The first-order valence-electron chi connectivity index (χ1n) is 24.4. The fourth-order valence-corrected chi connectivity index (χ4v) is 11.7. The average Bonchev–Trinajstić information content (AvgIpc) is 4.17. The highest BCUT2D eigenvalue weighted by molar-refractivity contribution is 6.21. The van der Waals surface area contributed by atoms with Crippen molar-refractivity contribution in [3.05, 3.63) is 236 Å². The number of hydrogen-bond donors (Lipinski definition) is 0. The monoisotopic (exact) mass is 909 g/mol. The van der Waals surface area contributed by atoms with Gasteiger partial charge in [0.25, 0.3) is 0 Å². The molecule has 0 spiro atoms. The van der Waals surface area contributed by atoms with Crippen molar-refractivity contribution in [2.75, 3.05) is 4.90 Å². The highest BCUT2D eigenvalue weighted by atomic mass is 16.3. The molecular weight excluding hydrogens is 867 g/mol. The predicted molar refractivity (Wildman–Crippen MR) is 294 cm³/mol. The lowest BCUT2D eigenvalue weighted by Gasteiger charge is -2.27. The molecule has 0 aliphatic heterocycles. The van der Waals surface area contributed by atoms with Crippen LogP contribution in [0.5, 0.6) is 0 Å². The number of fused-ring (bicyclic) bond motifs is 14. The first-order chi connectivity index (χ1) is 34.9. The molecule has 0 N–H and O–H groups in total. The summed E-state index contributed by atoms with van der Waals surface area (Å²) >= 11 is 0. The van der Waals surface area contributed by atoms with Gasteiger partial charge in [-0.25, -0.2) is 0 Å². The molecule has 0 amide bonds. The van der Waals surface area contributed by atoms with Crippen LogP contribution < -0.4 is 4.90 Å². The first kappa shape index (κ1) is 39.8. The van der Waals surface area contributed by atoms with E-state index in [1.54, 1.807) is 0 Å². The van der Waals surface area contributed by atoms with Crippen molar-refractivity contribution in [2.24, 2.45) is 0 Å². The zero-order valence-corrected chi connectivity index (χ0v) is 39.0. The number of benzene rings is 11. The minimum Gasteiger partial charge on any atom is -0.456 e. The van der Waals surface area contributed by atoms with Gasteiger partial charge in [0, 0.05) is 48.8 Å². The molecule has 0 radical (unpaired) electrons. The Hall–Kier alpha value is -9.12. The van der Waals surface area contributed by atoms with Gasteiger partial charge >= 0.3 is 0 Å². The van der Waals surface area contributed by atoms with Crippen molar-refractivity contribution < 1.29 is 13.3 Å². The molecule has 0 bridgehead atoms. The van der Waals surface area contributed by atoms with E-state index in [4.69, 9.17) is 13.3 Å². The van der Waals surface area contributed by atoms with Crippen molar-refractivity contribution in [3.8, 4) is 44.5 Å². The number of nitrogens with zero attached hydrogens (tertiary/aromatic N) is 1. The molecular formula is C67H43NO3. The number of rotatable bonds is 6. The molecule has 4 heteroatoms. The molecule has 4 nitrogen and oxygen atoms in total. The van der Waals surface area contributed by atoms with E-state index < -0.39 is 0 Å². The number of anilines is 3. The minimum atomic E-state index is -0.0487. The van der Waals surface area contributed by atoms with Gasteiger partial charge in [0.05, 0.1) is 11.4 Å². The second-order valence-electron chi connectivity index (χ2n) is 19.6. The van der Waals surface area contributed by atoms with Crippen LogP contribution in [0, 0.1) is 0 Å². The summed E-state index contributed by atoms with van der Waals surface area (Å²) in [7, 11) is 0. The molecule has 3 heterocycles. The standard InChI is InChI=1S/C67H43NO3/c1-67(2)56-18-8-6-15-48(56)52-36-43(25-32-57(52)67)41-22-29-47(30-23-41)68(59-20-11-17-50-54-37-44(40-12-4-3-5-13-40)26-34-62(54)70-65(50)59)58-19-10-14-42-24-31-51-55-39-46(28-35-63(55)71-66(51)64(42)58)45-27-33-61-53(38-45)49-16-7-9-21-60(49)69-61/h3-39H,1-2H3. The maximum atomic E-state index is 7.01. The van der Waals surface area contributed by atoms with Gasteiger partial charge in [0.2, 0.25) is 0 Å². The molecule has 71 heavy (non-hydrogen) atoms. The zero-order valence-electron chi connectivity index (χ0n) is 39.0. The third kappa shape index (κ3) is 5.98. The smallest absolute Gasteiger partial charge is 0.159 e. The quantitative estimate of drug-likeness (QED) is 0.167. The van der Waals surface area contributed by atoms with Crippen LogP contribution in [0.3, 0.4) is 0 Å². The summed E-state index contributed by atoms with van der Waals surface area (Å²) in [6.45, 7) is 4.67. The van der Waals surface area contributed by atoms with Crippen molar-refractivity contribution in [3.63, 3.8) is 0 Å². The normalized spacial score (nSPS) is 13.0. The Morgan fingerprint density at radius 1 is 0.324 bits per heavy atom. The lowest BCUT2D eigenvalue weighted by atomic mass is 9.82. The molecule has 0 saturated heterocycles. The first-order valence-corrected chi connectivity index (χ1v) is 24.4. The van der Waals surface area contributed by atoms with E-state index in [0.29, 0.717) is 0 Å². The third-order valence-electron chi connectivity index (χ3n) is 15.3. The van der Waals surface area contributed by atoms with Gasteiger partial charge in [0.15, 0.2) is 5.58 Å². The van der Waals surface area contributed by atoms with E-state index in [-0.39, 0.29) is 5.41 Å². The van der Waals surface area contributed by atoms with E-state index in [1.807, 2.05) is 12.1 Å². The Morgan fingerprint density at radius 3 is 1.65 bits per heavy atom. The van der Waals surface area contributed by atoms with Crippen LogP contribution in [0.25, 0.3) is 121 Å². The number of furan rings is 3. The van der Waals surface area contributed by atoms with Crippen molar-refractivity contribution in [2.45, 2.75) is 19.3 Å². The van der Waals surface area contributed by atoms with Crippen LogP contribution in [-0.2, 0) is 5.41 Å². The van der Waals surface area contributed by atoms with E-state index >= 15 is 0 Å². The molecule has 11 aromatic carbocycles. The van der Waals surface area contributed by atoms with Gasteiger partial charge in [-0.05, 0) is 140 Å². The molecule has 0 atom stereocenters. The summed E-state index contributed by atoms with van der Waals surface area (Å²) in [6.07, 6.45) is 0. The van der Waals surface area contributed by atoms with Gasteiger partial charge in [-0.3, -0.25) is 0 Å². The van der Waals surface area contributed by atoms with Crippen LogP contribution in [0.1, 0.15) is 25.0 Å². The van der Waals surface area contributed by atoms with Crippen LogP contribution >= 0.6 is 0 Å². The van der Waals surface area contributed by atoms with Crippen LogP contribution in [-0.4, -0.2) is 0 Å². The van der Waals surface area contributed by atoms with E-state index in [0.717, 1.165) is 116 Å². The number of para-hydroxylation sites is 2. The molecule has 1 aliphatic carbocycles. The van der Waals surface area contributed by atoms with Gasteiger partial charge in [-0.1, -0.05) is 159 Å². The maximum absolute atomic E-state index is 7.01. The average molecular weight is 910 g/mol. The molecule has 334 valence electrons. The van der Waals surface area contributed by atoms with E-state index in [1.165, 1.54) is 33.4 Å². The zero-order chi connectivity index (χ0) is 47.0. The highest BCUT2D eigenvalue weighted by Crippen LogP contribution is 2.51. The van der Waals surface area contributed by atoms with Crippen LogP contribution in [0.4, 0.5) is 17.1 Å². The molecule has 0 fully saturated rings. The Bertz CT molecular complexity index is 4490. The fraction of sp³-hybridized carbons (Fsp3) is 0.0448. The third-order valence-corrected chi connectivity index (χ3v) is 15.3. The minimum absolute atomic E-state index is 0.0487. The van der Waals surface area contributed by atoms with E-state index in [2.05, 4.69) is 231 Å². The Morgan fingerprint density at radius 2 is 0.859 bits per heavy atom. The molecule has 15 rings (SSSR count). The lowest BCUT2D eigenvalue weighted by molar-refractivity contribution is 0.660. The van der Waals surface area contributed by atoms with Gasteiger partial charge in [-0.15, -0.1) is 0 Å². The SMILES string of the molecule is CC1(C)c2ccccc2-c2cc(-c3ccc(N(c4cccc5c4oc4ccc(-c6ccccc6)cc45)c4cccc5ccc6c7cc(-c8ccc9oc%10ccccc%10c9c8)ccc7oc6c45)cc3)ccc21. The summed E-state index contributed by atoms with van der Waals surface area (Å²) in [4.78, 5) is 2.36. The summed E-state index contributed by atoms with van der Waals surface area (Å²) in [5, 5.41) is 8.59. The Labute approximate surface area is 409 Å². The molecule has 3 aromatic heterocycles. The summed E-state index contributed by atoms with van der Waals surface area (Å²) in [5.41, 5.74) is 20.3. The molecule has 0 saturated carbocycles. The van der Waals surface area contributed by atoms with Gasteiger partial charge in [-0.2, -0.15) is 0 Å². The van der Waals surface area contributed by atoms with Crippen LogP contribution in [0.2, 0.25) is 0 Å². The second kappa shape index (κ2) is 14.9. The van der Waals surface area contributed by atoms with E-state index in [9.17, 15) is 0 Å². The second-order valence-corrected chi connectivity index (χ2v) is 19.6. The molecule has 1 aliphatic rings. The topological polar surface area (TPSA) is 42.7 Å². The lowest BCUT2D eigenvalue weighted by Crippen LogP contribution is -2.14. The van der Waals surface area contributed by atoms with Crippen molar-refractivity contribution in [1.82, 2.24) is 0 Å². The number of hydrogen-bond acceptors (Lipinski definition) is 4. The summed E-state index contributed by atoms with van der Waals surface area (Å²) in [5.74, 6) is 0. The highest BCUT2D eigenvalue weighted by Gasteiger charge is 2.35. The molecule has 14 aromatic rings. The molecule has 0 unspecified atom stereocenters. The summed E-state index contributed by atoms with van der Waals surface area (Å²) < 4.78 is 20.2. The summed E-state index contributed by atoms with van der Waals surface area (Å²) in [6, 6.07) is 80.7. The van der Waals surface area contributed by atoms with Crippen molar-refractivity contribution >= 4 is 93.7 Å². The van der Waals surface area contributed by atoms with Crippen molar-refractivity contribution in [1.29, 1.82) is 0 Å². The Kier molecular flexibility index (Phi) is 8.38.